The van der Waals surface area contributed by atoms with E-state index in [1.165, 1.54) is 6.42 Å². The lowest BCUT2D eigenvalue weighted by atomic mass is 10.2. The van der Waals surface area contributed by atoms with Gasteiger partial charge in [-0.3, -0.25) is 9.98 Å². The van der Waals surface area contributed by atoms with Crippen LogP contribution in [-0.2, 0) is 4.74 Å². The fraction of sp³-hybridized carbons (Fsp3) is 0.455. The third kappa shape index (κ3) is 2.64. The van der Waals surface area contributed by atoms with Crippen LogP contribution in [0.4, 0.5) is 0 Å². The Morgan fingerprint density at radius 3 is 3.36 bits per heavy atom. The van der Waals surface area contributed by atoms with Gasteiger partial charge in [-0.1, -0.05) is 6.07 Å². The quantitative estimate of drug-likeness (QED) is 0.679. The molecule has 2 heterocycles. The Morgan fingerprint density at radius 1 is 1.64 bits per heavy atom. The van der Waals surface area contributed by atoms with Crippen molar-refractivity contribution in [2.45, 2.75) is 18.9 Å². The predicted octanol–water partition coefficient (Wildman–Crippen LogP) is 1.68. The Kier molecular flexibility index (Phi) is 3.24. The topological polar surface area (TPSA) is 34.5 Å². The van der Waals surface area contributed by atoms with Crippen LogP contribution in [0.5, 0.6) is 0 Å². The highest BCUT2D eigenvalue weighted by Gasteiger charge is 2.13. The lowest BCUT2D eigenvalue weighted by molar-refractivity contribution is 0.118. The van der Waals surface area contributed by atoms with Crippen molar-refractivity contribution in [1.29, 1.82) is 0 Å². The zero-order valence-electron chi connectivity index (χ0n) is 8.10. The number of pyridine rings is 1. The average Bonchev–Trinajstić information content (AvgIpc) is 2.72. The highest BCUT2D eigenvalue weighted by molar-refractivity contribution is 5.78. The number of aromatic nitrogens is 1. The molecule has 74 valence electrons. The van der Waals surface area contributed by atoms with Crippen LogP contribution in [-0.4, -0.2) is 30.5 Å². The second-order valence-corrected chi connectivity index (χ2v) is 3.42. The van der Waals surface area contributed by atoms with Crippen LogP contribution in [0.25, 0.3) is 0 Å². The molecular formula is C11H14N2O. The summed E-state index contributed by atoms with van der Waals surface area (Å²) in [6.07, 6.45) is 8.07. The van der Waals surface area contributed by atoms with Crippen LogP contribution in [0.15, 0.2) is 29.5 Å². The fourth-order valence-corrected chi connectivity index (χ4v) is 1.52. The van der Waals surface area contributed by atoms with Crippen LogP contribution >= 0.6 is 0 Å². The normalized spacial score (nSPS) is 21.9. The molecule has 0 amide bonds. The standard InChI is InChI=1S/C11H14N2O/c1-3-10(7-12-5-1)8-13-9-11-4-2-6-14-11/h1,3,5,7-8,11H,2,4,6,9H2. The van der Waals surface area contributed by atoms with E-state index in [0.717, 1.165) is 25.1 Å². The van der Waals surface area contributed by atoms with Gasteiger partial charge in [0.1, 0.15) is 0 Å². The molecule has 0 spiro atoms. The Morgan fingerprint density at radius 2 is 2.64 bits per heavy atom. The smallest absolute Gasteiger partial charge is 0.0771 e. The van der Waals surface area contributed by atoms with Crippen LogP contribution in [0.3, 0.4) is 0 Å². The maximum Gasteiger partial charge on any atom is 0.0771 e. The van der Waals surface area contributed by atoms with Crippen molar-refractivity contribution in [1.82, 2.24) is 4.98 Å². The van der Waals surface area contributed by atoms with Crippen molar-refractivity contribution < 1.29 is 4.74 Å². The van der Waals surface area contributed by atoms with E-state index in [9.17, 15) is 0 Å². The largest absolute Gasteiger partial charge is 0.376 e. The highest BCUT2D eigenvalue weighted by Crippen LogP contribution is 2.11. The molecule has 0 bridgehead atoms. The van der Waals surface area contributed by atoms with Crippen molar-refractivity contribution in [2.24, 2.45) is 4.99 Å². The monoisotopic (exact) mass is 190 g/mol. The first-order valence-corrected chi connectivity index (χ1v) is 4.96. The SMILES string of the molecule is C(=NCC1CCCO1)c1cccnc1. The third-order valence-corrected chi connectivity index (χ3v) is 2.26. The predicted molar refractivity (Wildman–Crippen MR) is 55.7 cm³/mol. The molecule has 1 unspecified atom stereocenters. The van der Waals surface area contributed by atoms with Crippen LogP contribution < -0.4 is 0 Å². The summed E-state index contributed by atoms with van der Waals surface area (Å²) in [5.74, 6) is 0. The summed E-state index contributed by atoms with van der Waals surface area (Å²) < 4.78 is 5.46. The van der Waals surface area contributed by atoms with Gasteiger partial charge < -0.3 is 4.74 Å². The van der Waals surface area contributed by atoms with Gasteiger partial charge in [-0.25, -0.2) is 0 Å². The summed E-state index contributed by atoms with van der Waals surface area (Å²) in [5.41, 5.74) is 1.05. The number of rotatable bonds is 3. The fourth-order valence-electron chi connectivity index (χ4n) is 1.52. The van der Waals surface area contributed by atoms with Crippen LogP contribution in [0.2, 0.25) is 0 Å². The summed E-state index contributed by atoms with van der Waals surface area (Å²) in [7, 11) is 0. The van der Waals surface area contributed by atoms with E-state index >= 15 is 0 Å². The Balaban J connectivity index is 1.82. The van der Waals surface area contributed by atoms with E-state index in [2.05, 4.69) is 9.98 Å². The molecule has 3 nitrogen and oxygen atoms in total. The van der Waals surface area contributed by atoms with E-state index in [0.29, 0.717) is 6.10 Å². The van der Waals surface area contributed by atoms with Gasteiger partial charge in [-0.15, -0.1) is 0 Å². The molecule has 3 heteroatoms. The van der Waals surface area contributed by atoms with E-state index < -0.39 is 0 Å². The maximum atomic E-state index is 5.46. The van der Waals surface area contributed by atoms with Crippen molar-refractivity contribution in [3.63, 3.8) is 0 Å². The van der Waals surface area contributed by atoms with Crippen molar-refractivity contribution >= 4 is 6.21 Å². The Bertz CT molecular complexity index is 291. The van der Waals surface area contributed by atoms with Crippen LogP contribution in [0, 0.1) is 0 Å². The van der Waals surface area contributed by atoms with Crippen molar-refractivity contribution in [3.05, 3.63) is 30.1 Å². The molecule has 0 aromatic carbocycles. The van der Waals surface area contributed by atoms with Gasteiger partial charge in [0.25, 0.3) is 0 Å². The average molecular weight is 190 g/mol. The number of hydrogen-bond acceptors (Lipinski definition) is 3. The molecule has 1 atom stereocenters. The minimum Gasteiger partial charge on any atom is -0.376 e. The van der Waals surface area contributed by atoms with Gasteiger partial charge in [0, 0.05) is 30.8 Å². The first kappa shape index (κ1) is 9.34. The molecule has 0 aliphatic carbocycles. The molecule has 14 heavy (non-hydrogen) atoms. The maximum absolute atomic E-state index is 5.46. The number of nitrogens with zero attached hydrogens (tertiary/aromatic N) is 2. The van der Waals surface area contributed by atoms with Gasteiger partial charge in [0.05, 0.1) is 12.6 Å². The lowest BCUT2D eigenvalue weighted by Gasteiger charge is -2.03. The zero-order chi connectivity index (χ0) is 9.64. The van der Waals surface area contributed by atoms with E-state index in [1.54, 1.807) is 12.4 Å². The van der Waals surface area contributed by atoms with Gasteiger partial charge in [0.15, 0.2) is 0 Å². The molecule has 1 saturated heterocycles. The Hall–Kier alpha value is -1.22. The summed E-state index contributed by atoms with van der Waals surface area (Å²) in [4.78, 5) is 8.35. The molecular weight excluding hydrogens is 176 g/mol. The first-order valence-electron chi connectivity index (χ1n) is 4.96. The molecule has 0 radical (unpaired) electrons. The van der Waals surface area contributed by atoms with Gasteiger partial charge in [0.2, 0.25) is 0 Å². The highest BCUT2D eigenvalue weighted by atomic mass is 16.5. The number of aliphatic imine (C=N–C) groups is 1. The molecule has 1 aliphatic rings. The van der Waals surface area contributed by atoms with Gasteiger partial charge in [-0.2, -0.15) is 0 Å². The molecule has 1 fully saturated rings. The van der Waals surface area contributed by atoms with Crippen molar-refractivity contribution in [3.8, 4) is 0 Å². The third-order valence-electron chi connectivity index (χ3n) is 2.26. The Labute approximate surface area is 83.8 Å². The van der Waals surface area contributed by atoms with Gasteiger partial charge >= 0.3 is 0 Å². The second-order valence-electron chi connectivity index (χ2n) is 3.42. The lowest BCUT2D eigenvalue weighted by Crippen LogP contribution is -2.08. The number of hydrogen-bond donors (Lipinski definition) is 0. The first-order chi connectivity index (χ1) is 6.95. The molecule has 2 rings (SSSR count). The van der Waals surface area contributed by atoms with Gasteiger partial charge in [-0.05, 0) is 18.9 Å². The molecule has 1 aromatic rings. The molecule has 0 saturated carbocycles. The zero-order valence-corrected chi connectivity index (χ0v) is 8.10. The van der Waals surface area contributed by atoms with Crippen molar-refractivity contribution in [2.75, 3.05) is 13.2 Å². The van der Waals surface area contributed by atoms with Crippen LogP contribution in [0.1, 0.15) is 18.4 Å². The molecule has 1 aliphatic heterocycles. The van der Waals surface area contributed by atoms with E-state index in [-0.39, 0.29) is 0 Å². The molecule has 1 aromatic heterocycles. The summed E-state index contributed by atoms with van der Waals surface area (Å²) >= 11 is 0. The minimum absolute atomic E-state index is 0.336. The molecule has 0 N–H and O–H groups in total. The summed E-state index contributed by atoms with van der Waals surface area (Å²) in [6, 6.07) is 3.90. The minimum atomic E-state index is 0.336. The second kappa shape index (κ2) is 4.86. The summed E-state index contributed by atoms with van der Waals surface area (Å²) in [5, 5.41) is 0. The van der Waals surface area contributed by atoms with E-state index in [1.807, 2.05) is 18.3 Å². The van der Waals surface area contributed by atoms with E-state index in [4.69, 9.17) is 4.74 Å². The number of ether oxygens (including phenoxy) is 1. The summed E-state index contributed by atoms with van der Waals surface area (Å²) in [6.45, 7) is 1.67.